The van der Waals surface area contributed by atoms with E-state index in [1.807, 2.05) is 12.1 Å². The lowest BCUT2D eigenvalue weighted by atomic mass is 10.1. The first kappa shape index (κ1) is 14.6. The molecule has 0 aliphatic heterocycles. The molecule has 3 N–H and O–H groups in total. The Balaban J connectivity index is 2.67. The van der Waals surface area contributed by atoms with Crippen LogP contribution in [0.2, 0.25) is 0 Å². The first-order chi connectivity index (χ1) is 9.99. The molecule has 2 aromatic rings. The third kappa shape index (κ3) is 2.60. The van der Waals surface area contributed by atoms with E-state index in [0.717, 1.165) is 11.3 Å². The molecule has 2 rings (SSSR count). The van der Waals surface area contributed by atoms with Crippen molar-refractivity contribution in [1.82, 2.24) is 4.57 Å². The summed E-state index contributed by atoms with van der Waals surface area (Å²) in [6.07, 6.45) is 0. The van der Waals surface area contributed by atoms with Gasteiger partial charge in [0.15, 0.2) is 5.43 Å². The molecule has 0 unspecified atom stereocenters. The second kappa shape index (κ2) is 5.70. The van der Waals surface area contributed by atoms with E-state index in [9.17, 15) is 9.59 Å². The molecule has 0 radical (unpaired) electrons. The topological polar surface area (TPSA) is 86.3 Å². The van der Waals surface area contributed by atoms with Gasteiger partial charge in [-0.3, -0.25) is 9.59 Å². The molecule has 21 heavy (non-hydrogen) atoms. The summed E-state index contributed by atoms with van der Waals surface area (Å²) < 4.78 is 6.84. The summed E-state index contributed by atoms with van der Waals surface area (Å²) in [5.74, 6) is 0.369. The molecule has 110 valence electrons. The Hall–Kier alpha value is -2.76. The molecule has 6 heteroatoms. The number of pyridine rings is 1. The molecular weight excluding hydrogens is 270 g/mol. The molecule has 6 nitrogen and oxygen atoms in total. The minimum atomic E-state index is -0.749. The SMILES string of the molecule is CNc1c(C(N)=O)c(=O)cc(-c2ccc(OC)cc2)n1C. The van der Waals surface area contributed by atoms with Crippen LogP contribution >= 0.6 is 0 Å². The van der Waals surface area contributed by atoms with Gasteiger partial charge in [0.05, 0.1) is 12.8 Å². The zero-order valence-corrected chi connectivity index (χ0v) is 12.1. The summed E-state index contributed by atoms with van der Waals surface area (Å²) in [6, 6.07) is 8.71. The van der Waals surface area contributed by atoms with Crippen LogP contribution in [0.25, 0.3) is 11.3 Å². The number of anilines is 1. The average Bonchev–Trinajstić information content (AvgIpc) is 2.48. The number of methoxy groups -OCH3 is 1. The molecule has 0 aliphatic rings. The highest BCUT2D eigenvalue weighted by Gasteiger charge is 2.17. The van der Waals surface area contributed by atoms with Crippen molar-refractivity contribution in [2.45, 2.75) is 0 Å². The molecule has 0 saturated heterocycles. The molecule has 1 heterocycles. The first-order valence-corrected chi connectivity index (χ1v) is 6.35. The summed E-state index contributed by atoms with van der Waals surface area (Å²) in [6.45, 7) is 0. The summed E-state index contributed by atoms with van der Waals surface area (Å²) in [5, 5.41) is 2.86. The maximum absolute atomic E-state index is 12.1. The van der Waals surface area contributed by atoms with Gasteiger partial charge in [0, 0.05) is 20.2 Å². The van der Waals surface area contributed by atoms with Crippen LogP contribution in [0.4, 0.5) is 5.82 Å². The normalized spacial score (nSPS) is 10.2. The molecule has 1 aromatic carbocycles. The summed E-state index contributed by atoms with van der Waals surface area (Å²) in [7, 11) is 4.99. The Labute approximate surface area is 122 Å². The fourth-order valence-corrected chi connectivity index (χ4v) is 2.27. The maximum Gasteiger partial charge on any atom is 0.256 e. The maximum atomic E-state index is 12.1. The molecule has 1 aromatic heterocycles. The second-order valence-corrected chi connectivity index (χ2v) is 4.52. The third-order valence-corrected chi connectivity index (χ3v) is 3.32. The van der Waals surface area contributed by atoms with Gasteiger partial charge in [-0.25, -0.2) is 0 Å². The van der Waals surface area contributed by atoms with Crippen LogP contribution in [0.5, 0.6) is 5.75 Å². The molecule has 0 saturated carbocycles. The van der Waals surface area contributed by atoms with E-state index in [1.54, 1.807) is 37.9 Å². The van der Waals surface area contributed by atoms with Gasteiger partial charge in [0.2, 0.25) is 0 Å². The summed E-state index contributed by atoms with van der Waals surface area (Å²) in [4.78, 5) is 23.6. The molecule has 0 atom stereocenters. The Bertz CT molecular complexity index is 733. The van der Waals surface area contributed by atoms with Crippen LogP contribution < -0.4 is 21.2 Å². The molecule has 0 spiro atoms. The number of rotatable bonds is 4. The predicted molar refractivity (Wildman–Crippen MR) is 81.7 cm³/mol. The number of hydrogen-bond acceptors (Lipinski definition) is 4. The number of nitrogens with two attached hydrogens (primary N) is 1. The quantitative estimate of drug-likeness (QED) is 0.884. The standard InChI is InChI=1S/C15H17N3O3/c1-17-15-13(14(16)20)12(19)8-11(18(15)2)9-4-6-10(21-3)7-5-9/h4-8,17H,1-3H3,(H2,16,20). The zero-order chi connectivity index (χ0) is 15.6. The van der Waals surface area contributed by atoms with Gasteiger partial charge in [-0.15, -0.1) is 0 Å². The number of amides is 1. The lowest BCUT2D eigenvalue weighted by Gasteiger charge is -2.17. The van der Waals surface area contributed by atoms with Gasteiger partial charge in [-0.05, 0) is 29.8 Å². The first-order valence-electron chi connectivity index (χ1n) is 6.35. The van der Waals surface area contributed by atoms with Crippen LogP contribution in [-0.2, 0) is 7.05 Å². The van der Waals surface area contributed by atoms with Crippen molar-refractivity contribution in [1.29, 1.82) is 0 Å². The van der Waals surface area contributed by atoms with Gasteiger partial charge in [0.25, 0.3) is 5.91 Å². The highest BCUT2D eigenvalue weighted by Crippen LogP contribution is 2.24. The van der Waals surface area contributed by atoms with E-state index >= 15 is 0 Å². The Morgan fingerprint density at radius 2 is 1.90 bits per heavy atom. The number of carbonyl (C=O) groups is 1. The molecule has 0 aliphatic carbocycles. The fraction of sp³-hybridized carbons (Fsp3) is 0.200. The molecule has 0 fully saturated rings. The van der Waals surface area contributed by atoms with E-state index in [-0.39, 0.29) is 5.56 Å². The van der Waals surface area contributed by atoms with Crippen molar-refractivity contribution in [2.75, 3.05) is 19.5 Å². The highest BCUT2D eigenvalue weighted by molar-refractivity contribution is 5.98. The number of benzene rings is 1. The number of primary amides is 1. The van der Waals surface area contributed by atoms with Gasteiger partial charge in [-0.2, -0.15) is 0 Å². The van der Waals surface area contributed by atoms with Crippen LogP contribution in [0.3, 0.4) is 0 Å². The number of nitrogens with one attached hydrogen (secondary N) is 1. The third-order valence-electron chi connectivity index (χ3n) is 3.32. The number of hydrogen-bond donors (Lipinski definition) is 2. The van der Waals surface area contributed by atoms with Crippen molar-refractivity contribution in [2.24, 2.45) is 12.8 Å². The van der Waals surface area contributed by atoms with E-state index in [0.29, 0.717) is 11.5 Å². The van der Waals surface area contributed by atoms with Crippen molar-refractivity contribution in [3.05, 3.63) is 46.1 Å². The van der Waals surface area contributed by atoms with Crippen molar-refractivity contribution in [3.8, 4) is 17.0 Å². The second-order valence-electron chi connectivity index (χ2n) is 4.52. The van der Waals surface area contributed by atoms with Gasteiger partial charge >= 0.3 is 0 Å². The van der Waals surface area contributed by atoms with E-state index < -0.39 is 11.3 Å². The Morgan fingerprint density at radius 1 is 1.29 bits per heavy atom. The molecular formula is C15H17N3O3. The lowest BCUT2D eigenvalue weighted by molar-refractivity contribution is 0.0999. The van der Waals surface area contributed by atoms with E-state index in [2.05, 4.69) is 5.32 Å². The lowest BCUT2D eigenvalue weighted by Crippen LogP contribution is -2.26. The monoisotopic (exact) mass is 287 g/mol. The largest absolute Gasteiger partial charge is 0.497 e. The van der Waals surface area contributed by atoms with E-state index in [4.69, 9.17) is 10.5 Å². The van der Waals surface area contributed by atoms with Crippen molar-refractivity contribution in [3.63, 3.8) is 0 Å². The molecule has 1 amide bonds. The van der Waals surface area contributed by atoms with Gasteiger partial charge in [-0.1, -0.05) is 0 Å². The number of aromatic nitrogens is 1. The van der Waals surface area contributed by atoms with Crippen molar-refractivity contribution >= 4 is 11.7 Å². The van der Waals surface area contributed by atoms with Crippen LogP contribution in [0.15, 0.2) is 35.1 Å². The molecule has 0 bridgehead atoms. The predicted octanol–water partition coefficient (Wildman–Crippen LogP) is 1.20. The minimum absolute atomic E-state index is 0.0442. The fourth-order valence-electron chi connectivity index (χ4n) is 2.27. The van der Waals surface area contributed by atoms with Crippen molar-refractivity contribution < 1.29 is 9.53 Å². The van der Waals surface area contributed by atoms with Gasteiger partial charge in [0.1, 0.15) is 17.1 Å². The van der Waals surface area contributed by atoms with Crippen LogP contribution in [0.1, 0.15) is 10.4 Å². The van der Waals surface area contributed by atoms with Gasteiger partial charge < -0.3 is 20.4 Å². The van der Waals surface area contributed by atoms with Crippen LogP contribution in [-0.4, -0.2) is 24.6 Å². The van der Waals surface area contributed by atoms with E-state index in [1.165, 1.54) is 6.07 Å². The smallest absolute Gasteiger partial charge is 0.256 e. The summed E-state index contributed by atoms with van der Waals surface area (Å²) >= 11 is 0. The summed E-state index contributed by atoms with van der Waals surface area (Å²) in [5.41, 5.74) is 6.34. The number of ether oxygens (including phenoxy) is 1. The highest BCUT2D eigenvalue weighted by atomic mass is 16.5. The minimum Gasteiger partial charge on any atom is -0.497 e. The average molecular weight is 287 g/mol. The zero-order valence-electron chi connectivity index (χ0n) is 12.1. The van der Waals surface area contributed by atoms with Crippen LogP contribution in [0, 0.1) is 0 Å². The number of nitrogens with zero attached hydrogens (tertiary/aromatic N) is 1. The Kier molecular flexibility index (Phi) is 3.98. The Morgan fingerprint density at radius 3 is 2.38 bits per heavy atom. The number of carbonyl (C=O) groups excluding carboxylic acids is 1.